The highest BCUT2D eigenvalue weighted by Gasteiger charge is 2.44. The van der Waals surface area contributed by atoms with E-state index in [4.69, 9.17) is 19.9 Å². The number of nitrogens with one attached hydrogen (secondary N) is 3. The first-order chi connectivity index (χ1) is 43.4. The quantitative estimate of drug-likeness (QED) is 0.0405. The van der Waals surface area contributed by atoms with Gasteiger partial charge in [-0.25, -0.2) is 18.0 Å². The van der Waals surface area contributed by atoms with E-state index in [1.54, 1.807) is 99.1 Å². The van der Waals surface area contributed by atoms with Gasteiger partial charge < -0.3 is 50.6 Å². The third kappa shape index (κ3) is 23.3. The van der Waals surface area contributed by atoms with E-state index in [0.29, 0.717) is 68.3 Å². The van der Waals surface area contributed by atoms with Crippen molar-refractivity contribution in [1.82, 2.24) is 30.2 Å². The summed E-state index contributed by atoms with van der Waals surface area (Å²) in [6, 6.07) is 11.3. The predicted octanol–water partition coefficient (Wildman–Crippen LogP) is 6.57. The van der Waals surface area contributed by atoms with Crippen LogP contribution in [0.3, 0.4) is 0 Å². The second kappa shape index (κ2) is 37.4. The molecule has 510 valence electrons. The minimum absolute atomic E-state index is 0.113. The van der Waals surface area contributed by atoms with Crippen LogP contribution in [0.15, 0.2) is 66.7 Å². The molecule has 2 aliphatic rings. The number of carbonyl (C=O) groups is 11. The highest BCUT2D eigenvalue weighted by atomic mass is 32.2. The molecule has 0 unspecified atom stereocenters. The Morgan fingerprint density at radius 1 is 0.750 bits per heavy atom. The number of ether oxygens (including phenoxy) is 3. The number of methoxy groups -OCH3 is 2. The van der Waals surface area contributed by atoms with E-state index in [1.165, 1.54) is 33.4 Å². The predicted molar refractivity (Wildman–Crippen MR) is 347 cm³/mol. The Morgan fingerprint density at radius 3 is 1.99 bits per heavy atom. The number of urea groups is 1. The number of benzene rings is 2. The average molecular weight is 1310 g/mol. The number of imide groups is 1. The van der Waals surface area contributed by atoms with Gasteiger partial charge in [0.1, 0.15) is 12.4 Å². The molecule has 2 aromatic carbocycles. The Hall–Kier alpha value is -7.38. The SMILES string of the molecule is CC[C@H](C)[C@@H]([C@@H](CC(=O)N1CCC[C@H]1[C@H](OC)[C@@H](C)C(=O)CS(=O)(=O)Cc1ccccc1)OC)N(C)C(=O)[C@@H](CC(=O)[C@H](C)N(C)C(=O)OCc1ccc(NC(=O)[C@H](CCCNC(N)=O)CC(=O)[C@@H](NC(=O)CCCCCN2C(=O)C=CC2=O)C(C)C)cc1)C(C)C. The molecule has 2 aromatic rings. The van der Waals surface area contributed by atoms with Crippen LogP contribution in [0.4, 0.5) is 15.3 Å². The Labute approximate surface area is 543 Å². The maximum Gasteiger partial charge on any atom is 0.410 e. The number of unbranched alkanes of at least 4 members (excludes halogenated alkanes) is 2. The summed E-state index contributed by atoms with van der Waals surface area (Å²) in [4.78, 5) is 151. The van der Waals surface area contributed by atoms with Crippen LogP contribution in [-0.4, -0.2) is 183 Å². The lowest BCUT2D eigenvalue weighted by Gasteiger charge is -2.41. The third-order valence-electron chi connectivity index (χ3n) is 17.8. The standard InChI is InChI=1S/C67H100N8O16S/c1-13-44(6)62(56(89-11)38-60(82)74-35-21-25-52(74)63(90-12)45(7)55(78)41-92(87,88)40-48-22-16-14-17-23-48)73(10)65(84)51(42(2)3)37-53(76)46(8)72(9)67(86)91-39-47-27-29-50(30-28-47)70-64(83)49(24-20-33-69-66(68)85)36-54(77)61(43(4)5)71-57(79)26-18-15-19-34-75-58(80)31-32-59(75)81/h14,16-17,22-23,27-32,42-46,49,51-52,56,61-63H,13,15,18-21,24-26,33-41H2,1-12H3,(H,70,83)(H,71,79)(H3,68,69,85)/t44-,45-,46-,49+,51-,52-,56+,61-,62-,63+/m0/s1. The molecule has 0 aromatic heterocycles. The summed E-state index contributed by atoms with van der Waals surface area (Å²) in [5.74, 6) is -7.71. The first-order valence-electron chi connectivity index (χ1n) is 32.0. The summed E-state index contributed by atoms with van der Waals surface area (Å²) in [5, 5.41) is 8.15. The summed E-state index contributed by atoms with van der Waals surface area (Å²) >= 11 is 0. The fourth-order valence-electron chi connectivity index (χ4n) is 11.9. The van der Waals surface area contributed by atoms with Gasteiger partial charge in [-0.1, -0.05) is 104 Å². The fourth-order valence-corrected chi connectivity index (χ4v) is 13.4. The summed E-state index contributed by atoms with van der Waals surface area (Å²) in [6.07, 6.45) is 3.47. The zero-order valence-corrected chi connectivity index (χ0v) is 56.6. The highest BCUT2D eigenvalue weighted by molar-refractivity contribution is 7.91. The van der Waals surface area contributed by atoms with Crippen molar-refractivity contribution >= 4 is 80.4 Å². The van der Waals surface area contributed by atoms with Gasteiger partial charge in [-0.2, -0.15) is 0 Å². The first-order valence-corrected chi connectivity index (χ1v) is 33.9. The largest absolute Gasteiger partial charge is 0.445 e. The number of nitrogens with zero attached hydrogens (tertiary/aromatic N) is 4. The van der Waals surface area contributed by atoms with Crippen molar-refractivity contribution in [2.24, 2.45) is 41.2 Å². The number of anilines is 1. The lowest BCUT2D eigenvalue weighted by Crippen LogP contribution is -2.54. The fraction of sp³-hybridized carbons (Fsp3) is 0.627. The van der Waals surface area contributed by atoms with Crippen LogP contribution in [0.1, 0.15) is 144 Å². The van der Waals surface area contributed by atoms with Crippen LogP contribution in [0.25, 0.3) is 0 Å². The molecule has 0 saturated carbocycles. The second-order valence-electron chi connectivity index (χ2n) is 25.2. The molecule has 4 rings (SSSR count). The normalized spacial score (nSPS) is 17.0. The Bertz CT molecular complexity index is 2980. The van der Waals surface area contributed by atoms with E-state index in [2.05, 4.69) is 16.0 Å². The maximum atomic E-state index is 14.7. The number of sulfone groups is 1. The van der Waals surface area contributed by atoms with Crippen LogP contribution >= 0.6 is 0 Å². The number of likely N-dealkylation sites (tertiary alicyclic amines) is 1. The van der Waals surface area contributed by atoms with Gasteiger partial charge >= 0.3 is 12.1 Å². The minimum Gasteiger partial charge on any atom is -0.445 e. The number of likely N-dealkylation sites (N-methyl/N-ethyl adjacent to an activating group) is 2. The van der Waals surface area contributed by atoms with Crippen LogP contribution in [0.5, 0.6) is 0 Å². The van der Waals surface area contributed by atoms with E-state index >= 15 is 0 Å². The summed E-state index contributed by atoms with van der Waals surface area (Å²) < 4.78 is 43.8. The Morgan fingerprint density at radius 2 is 1.40 bits per heavy atom. The van der Waals surface area contributed by atoms with E-state index < -0.39 is 93.5 Å². The van der Waals surface area contributed by atoms with Crippen LogP contribution < -0.4 is 21.7 Å². The number of ketones is 3. The molecule has 2 aliphatic heterocycles. The van der Waals surface area contributed by atoms with Gasteiger partial charge in [-0.15, -0.1) is 0 Å². The molecule has 92 heavy (non-hydrogen) atoms. The smallest absolute Gasteiger partial charge is 0.410 e. The summed E-state index contributed by atoms with van der Waals surface area (Å²) in [6.45, 7) is 14.9. The topological polar surface area (TPSA) is 325 Å². The Balaban J connectivity index is 1.34. The minimum atomic E-state index is -3.80. The number of primary amides is 1. The molecule has 1 fully saturated rings. The molecule has 2 heterocycles. The van der Waals surface area contributed by atoms with Crippen molar-refractivity contribution in [2.75, 3.05) is 59.0 Å². The molecule has 24 nitrogen and oxygen atoms in total. The Kier molecular flexibility index (Phi) is 31.3. The number of amides is 9. The lowest BCUT2D eigenvalue weighted by atomic mass is 9.85. The molecular formula is C67H100N8O16S. The molecule has 0 aliphatic carbocycles. The van der Waals surface area contributed by atoms with Crippen molar-refractivity contribution in [1.29, 1.82) is 0 Å². The monoisotopic (exact) mass is 1300 g/mol. The van der Waals surface area contributed by atoms with Gasteiger partial charge in [-0.3, -0.25) is 48.1 Å². The molecule has 5 N–H and O–H groups in total. The van der Waals surface area contributed by atoms with Gasteiger partial charge in [0.05, 0.1) is 48.5 Å². The van der Waals surface area contributed by atoms with Crippen LogP contribution in [-0.2, 0) is 79.6 Å². The third-order valence-corrected chi connectivity index (χ3v) is 19.3. The van der Waals surface area contributed by atoms with Crippen LogP contribution in [0, 0.1) is 35.5 Å². The van der Waals surface area contributed by atoms with E-state index in [9.17, 15) is 61.2 Å². The molecule has 0 radical (unpaired) electrons. The molecule has 25 heteroatoms. The number of rotatable bonds is 40. The molecular weight excluding hydrogens is 1200 g/mol. The van der Waals surface area contributed by atoms with E-state index in [-0.39, 0.29) is 116 Å². The van der Waals surface area contributed by atoms with Crippen molar-refractivity contribution in [3.63, 3.8) is 0 Å². The molecule has 1 saturated heterocycles. The van der Waals surface area contributed by atoms with Crippen molar-refractivity contribution in [3.8, 4) is 0 Å². The highest BCUT2D eigenvalue weighted by Crippen LogP contribution is 2.32. The number of Topliss-reactive ketones (excluding diaryl/α,β-unsaturated/α-hetero) is 3. The second-order valence-corrected chi connectivity index (χ2v) is 27.2. The van der Waals surface area contributed by atoms with Crippen molar-refractivity contribution in [3.05, 3.63) is 77.9 Å². The molecule has 0 bridgehead atoms. The number of hydrogen-bond acceptors (Lipinski definition) is 16. The van der Waals surface area contributed by atoms with E-state index in [0.717, 1.165) is 9.80 Å². The van der Waals surface area contributed by atoms with Gasteiger partial charge in [0.25, 0.3) is 11.8 Å². The van der Waals surface area contributed by atoms with Crippen molar-refractivity contribution in [2.45, 2.75) is 181 Å². The van der Waals surface area contributed by atoms with Gasteiger partial charge in [-0.05, 0) is 86.5 Å². The number of carbonyl (C=O) groups excluding carboxylic acids is 11. The molecule has 0 spiro atoms. The maximum absolute atomic E-state index is 14.7. The van der Waals surface area contributed by atoms with Gasteiger partial charge in [0.15, 0.2) is 27.2 Å². The summed E-state index contributed by atoms with van der Waals surface area (Å²) in [7, 11) is 2.19. The average Bonchev–Trinajstić information content (AvgIpc) is 1.40. The van der Waals surface area contributed by atoms with Gasteiger partial charge in [0, 0.05) is 103 Å². The van der Waals surface area contributed by atoms with Crippen LogP contribution in [0.2, 0.25) is 0 Å². The lowest BCUT2D eigenvalue weighted by molar-refractivity contribution is -0.149. The molecule has 10 atom stereocenters. The van der Waals surface area contributed by atoms with Gasteiger partial charge in [0.2, 0.25) is 23.6 Å². The zero-order valence-electron chi connectivity index (χ0n) is 55.8. The van der Waals surface area contributed by atoms with Crippen molar-refractivity contribution < 1.29 is 75.4 Å². The zero-order chi connectivity index (χ0) is 68.6. The van der Waals surface area contributed by atoms with E-state index in [1.807, 2.05) is 27.7 Å². The molecule has 9 amide bonds. The first kappa shape index (κ1) is 77.1. The number of hydrogen-bond donors (Lipinski definition) is 4. The number of nitrogens with two attached hydrogens (primary N) is 1. The summed E-state index contributed by atoms with van der Waals surface area (Å²) in [5.41, 5.74) is 6.74.